The van der Waals surface area contributed by atoms with Crippen LogP contribution in [0.15, 0.2) is 41.8 Å². The Labute approximate surface area is 177 Å². The third-order valence-electron chi connectivity index (χ3n) is 4.48. The first-order chi connectivity index (χ1) is 13.9. The first-order valence-electron chi connectivity index (χ1n) is 8.67. The van der Waals surface area contributed by atoms with Gasteiger partial charge in [-0.2, -0.15) is 0 Å². The van der Waals surface area contributed by atoms with Crippen molar-refractivity contribution in [3.63, 3.8) is 0 Å². The number of fused-ring (bicyclic) bond motifs is 1. The van der Waals surface area contributed by atoms with Crippen molar-refractivity contribution in [2.75, 3.05) is 14.2 Å². The van der Waals surface area contributed by atoms with Crippen LogP contribution in [0, 0.1) is 0 Å². The number of ether oxygens (including phenoxy) is 2. The fraction of sp³-hybridized carbons (Fsp3) is 0.190. The number of nitrogens with one attached hydrogen (secondary N) is 1. The molecule has 0 spiro atoms. The molecular formula is C21H18Cl2N2O4. The maximum atomic E-state index is 12.7. The maximum absolute atomic E-state index is 12.7. The van der Waals surface area contributed by atoms with Crippen LogP contribution >= 0.6 is 23.2 Å². The van der Waals surface area contributed by atoms with Gasteiger partial charge in [0, 0.05) is 35.3 Å². The normalized spacial score (nSPS) is 10.8. The average Bonchev–Trinajstić information content (AvgIpc) is 2.72. The highest BCUT2D eigenvalue weighted by Gasteiger charge is 2.20. The molecule has 1 N–H and O–H groups in total. The summed E-state index contributed by atoms with van der Waals surface area (Å²) in [5.41, 5.74) is 1.12. The molecule has 0 aliphatic carbocycles. The number of aromatic nitrogens is 2. The number of halogens is 2. The number of carbonyl (C=O) groups is 1. The van der Waals surface area contributed by atoms with Crippen molar-refractivity contribution in [2.45, 2.75) is 12.8 Å². The number of nitrogens with zero attached hydrogens (tertiary/aromatic N) is 1. The van der Waals surface area contributed by atoms with Crippen molar-refractivity contribution < 1.29 is 14.3 Å². The standard InChI is InChI=1S/C21H18Cl2N2O4/c1-4-13(26)6-5-12-8-14-11(10-24-12)7-15(25-21(14)27)18-19(22)16(28-2)9-17(29-3)20(18)23/h4,7-10H,1,5-6H2,2-3H3,(H,25,27). The highest BCUT2D eigenvalue weighted by atomic mass is 35.5. The van der Waals surface area contributed by atoms with E-state index in [1.54, 1.807) is 24.4 Å². The monoisotopic (exact) mass is 432 g/mol. The van der Waals surface area contributed by atoms with Gasteiger partial charge < -0.3 is 14.5 Å². The Morgan fingerprint density at radius 3 is 2.41 bits per heavy atom. The molecule has 29 heavy (non-hydrogen) atoms. The number of hydrogen-bond donors (Lipinski definition) is 1. The van der Waals surface area contributed by atoms with E-state index in [1.165, 1.54) is 20.3 Å². The van der Waals surface area contributed by atoms with E-state index >= 15 is 0 Å². The fourth-order valence-electron chi connectivity index (χ4n) is 2.95. The number of methoxy groups -OCH3 is 2. The molecule has 0 amide bonds. The van der Waals surface area contributed by atoms with Gasteiger partial charge in [-0.3, -0.25) is 14.6 Å². The van der Waals surface area contributed by atoms with Gasteiger partial charge in [-0.05, 0) is 24.6 Å². The lowest BCUT2D eigenvalue weighted by atomic mass is 10.1. The van der Waals surface area contributed by atoms with Crippen molar-refractivity contribution in [2.24, 2.45) is 0 Å². The summed E-state index contributed by atoms with van der Waals surface area (Å²) in [6.07, 6.45) is 3.57. The van der Waals surface area contributed by atoms with Crippen LogP contribution in [0.1, 0.15) is 12.1 Å². The summed E-state index contributed by atoms with van der Waals surface area (Å²) in [7, 11) is 2.95. The van der Waals surface area contributed by atoms with Gasteiger partial charge >= 0.3 is 0 Å². The lowest BCUT2D eigenvalue weighted by Crippen LogP contribution is -2.09. The summed E-state index contributed by atoms with van der Waals surface area (Å²) in [5, 5.41) is 1.56. The van der Waals surface area contributed by atoms with Crippen molar-refractivity contribution in [3.05, 3.63) is 63.1 Å². The SMILES string of the molecule is C=CC(=O)CCc1cc2c(=O)[nH]c(-c3c(Cl)c(OC)cc(OC)c3Cl)cc2cn1. The zero-order chi connectivity index (χ0) is 21.1. The van der Waals surface area contributed by atoms with Crippen LogP contribution in [0.25, 0.3) is 22.0 Å². The zero-order valence-corrected chi connectivity index (χ0v) is 17.4. The number of benzene rings is 1. The molecule has 0 aliphatic rings. The van der Waals surface area contributed by atoms with Crippen LogP contribution in [0.3, 0.4) is 0 Å². The second kappa shape index (κ2) is 8.68. The molecule has 0 saturated heterocycles. The summed E-state index contributed by atoms with van der Waals surface area (Å²) in [6, 6.07) is 4.98. The van der Waals surface area contributed by atoms with Gasteiger partial charge in [0.25, 0.3) is 5.56 Å². The lowest BCUT2D eigenvalue weighted by molar-refractivity contribution is -0.114. The van der Waals surface area contributed by atoms with E-state index in [2.05, 4.69) is 16.5 Å². The third kappa shape index (κ3) is 4.13. The number of pyridine rings is 2. The minimum Gasteiger partial charge on any atom is -0.495 e. The number of hydrogen-bond acceptors (Lipinski definition) is 5. The molecule has 0 bridgehead atoms. The number of aromatic amines is 1. The molecule has 6 nitrogen and oxygen atoms in total. The number of ketones is 1. The minimum atomic E-state index is -0.329. The Balaban J connectivity index is 2.12. The number of aryl methyl sites for hydroxylation is 1. The largest absolute Gasteiger partial charge is 0.495 e. The van der Waals surface area contributed by atoms with E-state index in [4.69, 9.17) is 32.7 Å². The smallest absolute Gasteiger partial charge is 0.256 e. The van der Waals surface area contributed by atoms with Crippen molar-refractivity contribution in [1.29, 1.82) is 0 Å². The molecule has 150 valence electrons. The molecule has 0 fully saturated rings. The van der Waals surface area contributed by atoms with Gasteiger partial charge in [0.05, 0.1) is 35.3 Å². The van der Waals surface area contributed by atoms with Crippen molar-refractivity contribution in [3.8, 4) is 22.8 Å². The van der Waals surface area contributed by atoms with Gasteiger partial charge in [-0.15, -0.1) is 0 Å². The predicted molar refractivity (Wildman–Crippen MR) is 114 cm³/mol. The summed E-state index contributed by atoms with van der Waals surface area (Å²) < 4.78 is 10.6. The number of H-pyrrole nitrogens is 1. The molecule has 2 heterocycles. The first-order valence-corrected chi connectivity index (χ1v) is 9.42. The second-order valence-electron chi connectivity index (χ2n) is 6.23. The van der Waals surface area contributed by atoms with E-state index in [1.807, 2.05) is 0 Å². The van der Waals surface area contributed by atoms with E-state index in [0.29, 0.717) is 45.6 Å². The molecule has 0 atom stereocenters. The highest BCUT2D eigenvalue weighted by Crippen LogP contribution is 2.45. The predicted octanol–water partition coefficient (Wildman–Crippen LogP) is 4.60. The van der Waals surface area contributed by atoms with Crippen LogP contribution in [0.4, 0.5) is 0 Å². The molecule has 3 rings (SSSR count). The first kappa shape index (κ1) is 20.9. The summed E-state index contributed by atoms with van der Waals surface area (Å²) in [4.78, 5) is 31.3. The summed E-state index contributed by atoms with van der Waals surface area (Å²) >= 11 is 12.9. The quantitative estimate of drug-likeness (QED) is 0.551. The van der Waals surface area contributed by atoms with Gasteiger partial charge in [-0.1, -0.05) is 29.8 Å². The molecule has 1 aromatic carbocycles. The number of rotatable bonds is 7. The Morgan fingerprint density at radius 1 is 1.17 bits per heavy atom. The van der Waals surface area contributed by atoms with Crippen LogP contribution in [0.2, 0.25) is 10.0 Å². The lowest BCUT2D eigenvalue weighted by Gasteiger charge is -2.15. The van der Waals surface area contributed by atoms with Crippen molar-refractivity contribution >= 4 is 39.8 Å². The number of allylic oxidation sites excluding steroid dienone is 1. The Kier molecular flexibility index (Phi) is 6.25. The molecule has 0 aliphatic heterocycles. The van der Waals surface area contributed by atoms with Gasteiger partial charge in [-0.25, -0.2) is 0 Å². The Bertz CT molecular complexity index is 1140. The maximum Gasteiger partial charge on any atom is 0.256 e. The fourth-order valence-corrected chi connectivity index (χ4v) is 3.65. The van der Waals surface area contributed by atoms with Crippen LogP contribution in [0.5, 0.6) is 11.5 Å². The molecule has 0 unspecified atom stereocenters. The van der Waals surface area contributed by atoms with Gasteiger partial charge in [0.1, 0.15) is 11.5 Å². The zero-order valence-electron chi connectivity index (χ0n) is 15.8. The summed E-state index contributed by atoms with van der Waals surface area (Å²) in [6.45, 7) is 3.45. The van der Waals surface area contributed by atoms with Crippen LogP contribution in [-0.2, 0) is 11.2 Å². The Morgan fingerprint density at radius 2 is 1.83 bits per heavy atom. The van der Waals surface area contributed by atoms with Crippen molar-refractivity contribution in [1.82, 2.24) is 9.97 Å². The topological polar surface area (TPSA) is 81.3 Å². The number of carbonyl (C=O) groups excluding carboxylic acids is 1. The van der Waals surface area contributed by atoms with E-state index in [9.17, 15) is 9.59 Å². The third-order valence-corrected chi connectivity index (χ3v) is 5.23. The van der Waals surface area contributed by atoms with E-state index in [0.717, 1.165) is 0 Å². The molecule has 2 aromatic heterocycles. The molecule has 8 heteroatoms. The van der Waals surface area contributed by atoms with Gasteiger partial charge in [0.15, 0.2) is 5.78 Å². The second-order valence-corrected chi connectivity index (χ2v) is 6.99. The average molecular weight is 433 g/mol. The molecule has 3 aromatic rings. The summed E-state index contributed by atoms with van der Waals surface area (Å²) in [5.74, 6) is 0.654. The molecule has 0 saturated carbocycles. The van der Waals surface area contributed by atoms with Crippen LogP contribution < -0.4 is 15.0 Å². The van der Waals surface area contributed by atoms with Crippen LogP contribution in [-0.4, -0.2) is 30.0 Å². The Hall–Kier alpha value is -2.83. The molecular weight excluding hydrogens is 415 g/mol. The highest BCUT2D eigenvalue weighted by molar-refractivity contribution is 6.41. The molecule has 0 radical (unpaired) electrons. The van der Waals surface area contributed by atoms with E-state index < -0.39 is 0 Å². The van der Waals surface area contributed by atoms with E-state index in [-0.39, 0.29) is 27.8 Å². The van der Waals surface area contributed by atoms with Gasteiger partial charge in [0.2, 0.25) is 0 Å². The minimum absolute atomic E-state index is 0.0765.